The molecule has 0 aliphatic heterocycles. The van der Waals surface area contributed by atoms with Crippen LogP contribution in [0.1, 0.15) is 18.9 Å². The monoisotopic (exact) mass is 349 g/mol. The first-order chi connectivity index (χ1) is 10.4. The molecule has 0 spiro atoms. The summed E-state index contributed by atoms with van der Waals surface area (Å²) in [5.41, 5.74) is 3.70. The van der Waals surface area contributed by atoms with Gasteiger partial charge >= 0.3 is 51.4 Å². The molecule has 0 radical (unpaired) electrons. The van der Waals surface area contributed by atoms with Crippen LogP contribution in [0.4, 0.5) is 0 Å². The molecule has 0 atom stereocenters. The Balaban J connectivity index is 0.00000176. The number of nitrogens with zero attached hydrogens (tertiary/aromatic N) is 2. The van der Waals surface area contributed by atoms with E-state index in [0.29, 0.717) is 0 Å². The third kappa shape index (κ3) is 5.94. The second-order valence-corrected chi connectivity index (χ2v) is 5.26. The molecule has 0 N–H and O–H groups in total. The summed E-state index contributed by atoms with van der Waals surface area (Å²) in [5.74, 6) is 0. The van der Waals surface area contributed by atoms with Gasteiger partial charge in [-0.1, -0.05) is 37.3 Å². The van der Waals surface area contributed by atoms with Crippen molar-refractivity contribution in [2.24, 2.45) is 0 Å². The molecule has 0 saturated heterocycles. The van der Waals surface area contributed by atoms with Gasteiger partial charge in [0.25, 0.3) is 0 Å². The van der Waals surface area contributed by atoms with Gasteiger partial charge in [0, 0.05) is 0 Å². The summed E-state index contributed by atoms with van der Waals surface area (Å²) < 4.78 is 4.57. The van der Waals surface area contributed by atoms with Crippen molar-refractivity contribution in [1.29, 1.82) is 0 Å². The summed E-state index contributed by atoms with van der Waals surface area (Å²) in [4.78, 5) is 0. The maximum Gasteiger partial charge on any atom is 1.00 e. The normalized spacial score (nSPS) is 9.38. The average molecular weight is 350 g/mol. The van der Waals surface area contributed by atoms with Gasteiger partial charge in [-0.05, 0) is 12.0 Å². The van der Waals surface area contributed by atoms with Crippen LogP contribution in [0.15, 0.2) is 67.1 Å². The molecule has 0 aliphatic carbocycles. The minimum Gasteiger partial charge on any atom is -1.00 e. The summed E-state index contributed by atoms with van der Waals surface area (Å²) in [6.07, 6.45) is 5.54. The van der Waals surface area contributed by atoms with Crippen LogP contribution in [0.3, 0.4) is 0 Å². The zero-order valence-electron chi connectivity index (χ0n) is 14.7. The molecule has 0 saturated carbocycles. The molecule has 2 nitrogen and oxygen atoms in total. The van der Waals surface area contributed by atoms with Gasteiger partial charge in [-0.3, -0.25) is 4.57 Å². The number of hydrogen-bond acceptors (Lipinski definition) is 0. The number of hydrogen-bond donors (Lipinski definition) is 0. The molecule has 0 aliphatic rings. The summed E-state index contributed by atoms with van der Waals surface area (Å²) in [7, 11) is 0. The van der Waals surface area contributed by atoms with Crippen molar-refractivity contribution in [2.75, 3.05) is 0 Å². The van der Waals surface area contributed by atoms with Crippen LogP contribution in [0.2, 0.25) is 0 Å². The van der Waals surface area contributed by atoms with Gasteiger partial charge in [0.05, 0.1) is 18.4 Å². The number of aryl methyl sites for hydroxylation is 1. The molecular formula is C20H23FKN2-. The van der Waals surface area contributed by atoms with Crippen LogP contribution in [0.25, 0.3) is 11.3 Å². The Morgan fingerprint density at radius 3 is 2.38 bits per heavy atom. The second kappa shape index (κ2) is 11.7. The summed E-state index contributed by atoms with van der Waals surface area (Å²) in [6.45, 7) is 4.14. The van der Waals surface area contributed by atoms with Crippen molar-refractivity contribution in [3.05, 3.63) is 86.2 Å². The van der Waals surface area contributed by atoms with Gasteiger partial charge in [0.15, 0.2) is 0 Å². The molecule has 1 heterocycles. The van der Waals surface area contributed by atoms with E-state index in [2.05, 4.69) is 77.1 Å². The van der Waals surface area contributed by atoms with Gasteiger partial charge in [-0.25, -0.2) is 4.57 Å². The van der Waals surface area contributed by atoms with E-state index in [1.807, 2.05) is 12.1 Å². The largest absolute Gasteiger partial charge is 1.00 e. The van der Waals surface area contributed by atoms with Crippen LogP contribution in [0, 0.1) is 13.5 Å². The fraction of sp³-hybridized carbons (Fsp3) is 0.200. The minimum atomic E-state index is 0. The summed E-state index contributed by atoms with van der Waals surface area (Å²) in [6, 6.07) is 22.1. The van der Waals surface area contributed by atoms with Crippen LogP contribution < -0.4 is 60.7 Å². The predicted molar refractivity (Wildman–Crippen MR) is 91.1 cm³/mol. The second-order valence-electron chi connectivity index (χ2n) is 5.26. The molecule has 0 amide bonds. The van der Waals surface area contributed by atoms with Gasteiger partial charge in [0.2, 0.25) is 6.33 Å². The number of benzene rings is 2. The fourth-order valence-electron chi connectivity index (χ4n) is 2.58. The SMILES string of the molecule is CCCn1c[n+](Cc2ccccc2)cc1-c1[c-]cccc1.[CH3-].[F-].[K+]. The number of rotatable bonds is 5. The van der Waals surface area contributed by atoms with Gasteiger partial charge in [0.1, 0.15) is 6.54 Å². The quantitative estimate of drug-likeness (QED) is 0.291. The Morgan fingerprint density at radius 2 is 1.75 bits per heavy atom. The van der Waals surface area contributed by atoms with Crippen molar-refractivity contribution < 1.29 is 60.7 Å². The van der Waals surface area contributed by atoms with E-state index in [4.69, 9.17) is 0 Å². The number of halogens is 1. The fourth-order valence-corrected chi connectivity index (χ4v) is 2.58. The van der Waals surface area contributed by atoms with Crippen molar-refractivity contribution >= 4 is 0 Å². The molecule has 2 aromatic carbocycles. The Labute approximate surface area is 187 Å². The van der Waals surface area contributed by atoms with Crippen molar-refractivity contribution in [2.45, 2.75) is 26.4 Å². The Kier molecular flexibility index (Phi) is 11.3. The van der Waals surface area contributed by atoms with Gasteiger partial charge < -0.3 is 12.1 Å². The van der Waals surface area contributed by atoms with E-state index in [1.165, 1.54) is 11.3 Å². The maximum absolute atomic E-state index is 3.33. The van der Waals surface area contributed by atoms with Crippen LogP contribution in [-0.2, 0) is 13.1 Å². The molecule has 122 valence electrons. The molecule has 0 fully saturated rings. The Bertz CT molecular complexity index is 696. The van der Waals surface area contributed by atoms with Crippen molar-refractivity contribution in [3.8, 4) is 11.3 Å². The molecule has 3 aromatic rings. The smallest absolute Gasteiger partial charge is 1.00 e. The van der Waals surface area contributed by atoms with Crippen LogP contribution in [0.5, 0.6) is 0 Å². The van der Waals surface area contributed by atoms with E-state index in [0.717, 1.165) is 25.1 Å². The summed E-state index contributed by atoms with van der Waals surface area (Å²) in [5, 5.41) is 0. The zero-order valence-corrected chi connectivity index (χ0v) is 17.9. The predicted octanol–water partition coefficient (Wildman–Crippen LogP) is -1.84. The molecule has 0 unspecified atom stereocenters. The summed E-state index contributed by atoms with van der Waals surface area (Å²) >= 11 is 0. The van der Waals surface area contributed by atoms with Crippen LogP contribution >= 0.6 is 0 Å². The van der Waals surface area contributed by atoms with Gasteiger partial charge in [-0.2, -0.15) is 0 Å². The van der Waals surface area contributed by atoms with Crippen LogP contribution in [-0.4, -0.2) is 4.57 Å². The molecule has 0 bridgehead atoms. The third-order valence-corrected chi connectivity index (χ3v) is 3.54. The van der Waals surface area contributed by atoms with Crippen molar-refractivity contribution in [3.63, 3.8) is 0 Å². The number of aromatic nitrogens is 2. The average Bonchev–Trinajstić information content (AvgIpc) is 2.92. The standard InChI is InChI=1S/C19H20N2.CH3.FH.K/c1-2-13-21-16-20(14-17-9-5-3-6-10-17)15-19(21)18-11-7-4-8-12-18;;;/h3-11,15-16H,2,13-14H2,1H3;1H3;1H;/q;-1;;+1/p-1. The minimum absolute atomic E-state index is 0. The van der Waals surface area contributed by atoms with E-state index in [9.17, 15) is 0 Å². The Hall–Kier alpha value is -0.784. The van der Waals surface area contributed by atoms with Crippen molar-refractivity contribution in [1.82, 2.24) is 4.57 Å². The first kappa shape index (κ1) is 23.2. The zero-order chi connectivity index (χ0) is 14.5. The molecule has 3 rings (SSSR count). The molecule has 24 heavy (non-hydrogen) atoms. The van der Waals surface area contributed by atoms with E-state index in [1.54, 1.807) is 0 Å². The first-order valence-corrected chi connectivity index (χ1v) is 7.47. The first-order valence-electron chi connectivity index (χ1n) is 7.47. The number of imidazole rings is 1. The molecule has 4 heteroatoms. The third-order valence-electron chi connectivity index (χ3n) is 3.54. The Morgan fingerprint density at radius 1 is 1.04 bits per heavy atom. The maximum atomic E-state index is 3.33. The molecule has 1 aromatic heterocycles. The van der Waals surface area contributed by atoms with Gasteiger partial charge in [-0.15, -0.1) is 35.9 Å². The topological polar surface area (TPSA) is 8.81 Å². The van der Waals surface area contributed by atoms with E-state index >= 15 is 0 Å². The molecular weight excluding hydrogens is 326 g/mol. The van der Waals surface area contributed by atoms with E-state index < -0.39 is 0 Å². The van der Waals surface area contributed by atoms with E-state index in [-0.39, 0.29) is 63.5 Å².